The average Bonchev–Trinajstić information content (AvgIpc) is 2.41. The van der Waals surface area contributed by atoms with Crippen molar-refractivity contribution in [2.75, 3.05) is 0 Å². The molecule has 0 aromatic heterocycles. The lowest BCUT2D eigenvalue weighted by Crippen LogP contribution is -2.31. The van der Waals surface area contributed by atoms with E-state index in [2.05, 4.69) is 20.8 Å². The topological polar surface area (TPSA) is 0 Å². The van der Waals surface area contributed by atoms with Gasteiger partial charge in [0.1, 0.15) is 0 Å². The Morgan fingerprint density at radius 2 is 1.17 bits per heavy atom. The highest BCUT2D eigenvalue weighted by Crippen LogP contribution is 2.64. The molecule has 18 heavy (non-hydrogen) atoms. The van der Waals surface area contributed by atoms with Crippen LogP contribution in [0.15, 0.2) is 0 Å². The quantitative estimate of drug-likeness (QED) is 0.523. The Bertz CT molecular complexity index is 216. The van der Waals surface area contributed by atoms with Crippen LogP contribution in [0.4, 0.5) is 0 Å². The molecule has 0 nitrogen and oxygen atoms in total. The van der Waals surface area contributed by atoms with Gasteiger partial charge >= 0.3 is 0 Å². The molecule has 0 aromatic rings. The highest BCUT2D eigenvalue weighted by atomic mass is 31.1. The highest BCUT2D eigenvalue weighted by Gasteiger charge is 2.39. The Morgan fingerprint density at radius 3 is 1.50 bits per heavy atom. The molecule has 0 atom stereocenters. The molecule has 0 spiro atoms. The van der Waals surface area contributed by atoms with E-state index in [1.165, 1.54) is 44.9 Å². The second-order valence-electron chi connectivity index (χ2n) is 7.16. The van der Waals surface area contributed by atoms with E-state index in [-0.39, 0.29) is 7.92 Å². The maximum absolute atomic E-state index is 2.59. The average molecular weight is 268 g/mol. The van der Waals surface area contributed by atoms with Gasteiger partial charge in [-0.15, -0.1) is 0 Å². The molecule has 2 aliphatic carbocycles. The Hall–Kier alpha value is 0.430. The Balaban J connectivity index is 2.10. The monoisotopic (exact) mass is 268 g/mol. The van der Waals surface area contributed by atoms with Crippen LogP contribution < -0.4 is 0 Å². The first-order valence-electron chi connectivity index (χ1n) is 8.43. The summed E-state index contributed by atoms with van der Waals surface area (Å²) in [5.41, 5.74) is 2.23. The molecule has 0 radical (unpaired) electrons. The molecule has 0 unspecified atom stereocenters. The van der Waals surface area contributed by atoms with Crippen molar-refractivity contribution >= 4 is 7.92 Å². The molecule has 0 heterocycles. The van der Waals surface area contributed by atoms with E-state index in [9.17, 15) is 0 Å². The first-order valence-corrected chi connectivity index (χ1v) is 9.91. The van der Waals surface area contributed by atoms with Crippen LogP contribution in [0.3, 0.4) is 0 Å². The van der Waals surface area contributed by atoms with E-state index in [4.69, 9.17) is 0 Å². The first kappa shape index (κ1) is 14.8. The predicted octanol–water partition coefficient (Wildman–Crippen LogP) is 6.32. The van der Waals surface area contributed by atoms with E-state index in [1.54, 1.807) is 25.7 Å². The van der Waals surface area contributed by atoms with E-state index in [1.807, 2.05) is 0 Å². The zero-order valence-electron chi connectivity index (χ0n) is 12.9. The normalized spacial score (nSPS) is 24.7. The van der Waals surface area contributed by atoms with Gasteiger partial charge in [-0.3, -0.25) is 0 Å². The van der Waals surface area contributed by atoms with Crippen molar-refractivity contribution in [3.8, 4) is 0 Å². The third-order valence-electron chi connectivity index (χ3n) is 5.50. The van der Waals surface area contributed by atoms with Gasteiger partial charge in [-0.05, 0) is 48.6 Å². The van der Waals surface area contributed by atoms with E-state index < -0.39 is 0 Å². The highest BCUT2D eigenvalue weighted by molar-refractivity contribution is 7.60. The molecule has 2 saturated carbocycles. The third kappa shape index (κ3) is 3.50. The number of hydrogen-bond donors (Lipinski definition) is 0. The Labute approximate surface area is 116 Å². The molecule has 0 aromatic carbocycles. The summed E-state index contributed by atoms with van der Waals surface area (Å²) in [5.74, 6) is 0. The van der Waals surface area contributed by atoms with Crippen LogP contribution in [0.5, 0.6) is 0 Å². The summed E-state index contributed by atoms with van der Waals surface area (Å²) in [6.45, 7) is 7.60. The summed E-state index contributed by atoms with van der Waals surface area (Å²) < 4.78 is 0. The van der Waals surface area contributed by atoms with Crippen LogP contribution in [0.2, 0.25) is 0 Å². The Morgan fingerprint density at radius 1 is 0.778 bits per heavy atom. The molecular weight excluding hydrogens is 235 g/mol. The van der Waals surface area contributed by atoms with Crippen LogP contribution in [0.1, 0.15) is 91.4 Å². The molecule has 0 amide bonds. The summed E-state index contributed by atoms with van der Waals surface area (Å²) in [6, 6.07) is 0. The van der Waals surface area contributed by atoms with Gasteiger partial charge in [0.25, 0.3) is 0 Å². The van der Waals surface area contributed by atoms with Gasteiger partial charge in [0, 0.05) is 0 Å². The lowest BCUT2D eigenvalue weighted by molar-refractivity contribution is 0.471. The predicted molar refractivity (Wildman–Crippen MR) is 85.0 cm³/mol. The van der Waals surface area contributed by atoms with Crippen molar-refractivity contribution in [2.45, 2.75) is 108 Å². The van der Waals surface area contributed by atoms with Gasteiger partial charge in [0.05, 0.1) is 0 Å². The summed E-state index contributed by atoms with van der Waals surface area (Å²) in [7, 11) is 0.260. The van der Waals surface area contributed by atoms with Crippen LogP contribution >= 0.6 is 7.92 Å². The minimum atomic E-state index is 0.260. The molecule has 0 bridgehead atoms. The Kier molecular flexibility index (Phi) is 5.55. The van der Waals surface area contributed by atoms with Crippen molar-refractivity contribution < 1.29 is 0 Å². The second-order valence-corrected chi connectivity index (χ2v) is 10.6. The lowest BCUT2D eigenvalue weighted by Gasteiger charge is -2.47. The van der Waals surface area contributed by atoms with Crippen molar-refractivity contribution in [2.24, 2.45) is 0 Å². The molecular formula is C17H33P. The van der Waals surface area contributed by atoms with Gasteiger partial charge in [-0.25, -0.2) is 0 Å². The lowest BCUT2D eigenvalue weighted by atomic mass is 9.99. The summed E-state index contributed by atoms with van der Waals surface area (Å²) in [6.07, 6.45) is 16.8. The van der Waals surface area contributed by atoms with Crippen LogP contribution in [0, 0.1) is 0 Å². The molecule has 2 rings (SSSR count). The molecule has 0 N–H and O–H groups in total. The largest absolute Gasteiger partial charge is 0.0945 e. The smallest absolute Gasteiger partial charge is 0.0149 e. The molecule has 2 aliphatic rings. The summed E-state index contributed by atoms with van der Waals surface area (Å²) in [4.78, 5) is 0. The van der Waals surface area contributed by atoms with Crippen LogP contribution in [-0.4, -0.2) is 16.5 Å². The van der Waals surface area contributed by atoms with E-state index >= 15 is 0 Å². The fourth-order valence-electron chi connectivity index (χ4n) is 4.19. The third-order valence-corrected chi connectivity index (χ3v) is 9.82. The molecule has 0 saturated heterocycles. The molecule has 2 fully saturated rings. The molecule has 106 valence electrons. The fraction of sp³-hybridized carbons (Fsp3) is 1.00. The minimum Gasteiger partial charge on any atom is -0.0945 e. The molecule has 1 heteroatoms. The van der Waals surface area contributed by atoms with Gasteiger partial charge < -0.3 is 0 Å². The summed E-state index contributed by atoms with van der Waals surface area (Å²) >= 11 is 0. The van der Waals surface area contributed by atoms with E-state index in [0.29, 0.717) is 5.16 Å². The van der Waals surface area contributed by atoms with Crippen molar-refractivity contribution in [3.63, 3.8) is 0 Å². The summed E-state index contributed by atoms with van der Waals surface area (Å²) in [5, 5.41) is 0.638. The van der Waals surface area contributed by atoms with Crippen molar-refractivity contribution in [3.05, 3.63) is 0 Å². The van der Waals surface area contributed by atoms with Gasteiger partial charge in [-0.2, -0.15) is 0 Å². The SMILES string of the molecule is CCC(C)(C)P(C1CCCCC1)C1CCCCC1. The maximum Gasteiger partial charge on any atom is -0.0149 e. The van der Waals surface area contributed by atoms with Crippen molar-refractivity contribution in [1.29, 1.82) is 0 Å². The maximum atomic E-state index is 2.59. The zero-order valence-corrected chi connectivity index (χ0v) is 13.8. The van der Waals surface area contributed by atoms with Gasteiger partial charge in [-0.1, -0.05) is 67.2 Å². The van der Waals surface area contributed by atoms with Crippen LogP contribution in [0.25, 0.3) is 0 Å². The minimum absolute atomic E-state index is 0.260. The van der Waals surface area contributed by atoms with Gasteiger partial charge in [0.15, 0.2) is 0 Å². The van der Waals surface area contributed by atoms with Crippen molar-refractivity contribution in [1.82, 2.24) is 0 Å². The van der Waals surface area contributed by atoms with Gasteiger partial charge in [0.2, 0.25) is 0 Å². The number of rotatable bonds is 4. The zero-order chi connectivity index (χ0) is 13.0. The second kappa shape index (κ2) is 6.74. The van der Waals surface area contributed by atoms with E-state index in [0.717, 1.165) is 11.3 Å². The molecule has 0 aliphatic heterocycles. The van der Waals surface area contributed by atoms with Crippen LogP contribution in [-0.2, 0) is 0 Å². The number of hydrogen-bond acceptors (Lipinski definition) is 0. The standard InChI is InChI=1S/C17H33P/c1-4-17(2,3)18(15-11-7-5-8-12-15)16-13-9-6-10-14-16/h15-16H,4-14H2,1-3H3. The fourth-order valence-corrected chi connectivity index (χ4v) is 8.97. The first-order chi connectivity index (χ1) is 8.65.